The number of hydrogen-bond acceptors (Lipinski definition) is 5. The van der Waals surface area contributed by atoms with Gasteiger partial charge < -0.3 is 24.4 Å². The molecule has 3 rings (SSSR count). The summed E-state index contributed by atoms with van der Waals surface area (Å²) < 4.78 is 16.3. The van der Waals surface area contributed by atoms with Crippen LogP contribution in [-0.2, 0) is 6.42 Å². The Labute approximate surface area is 172 Å². The van der Waals surface area contributed by atoms with E-state index in [4.69, 9.17) is 14.2 Å². The van der Waals surface area contributed by atoms with E-state index in [0.717, 1.165) is 50.0 Å². The average Bonchev–Trinajstić information content (AvgIpc) is 2.78. The van der Waals surface area contributed by atoms with Gasteiger partial charge in [-0.3, -0.25) is 4.79 Å². The van der Waals surface area contributed by atoms with E-state index in [2.05, 4.69) is 10.2 Å². The molecule has 2 aromatic rings. The van der Waals surface area contributed by atoms with Crippen molar-refractivity contribution in [2.75, 3.05) is 41.0 Å². The number of nitrogens with zero attached hydrogens (tertiary/aromatic N) is 1. The van der Waals surface area contributed by atoms with Crippen molar-refractivity contribution >= 4 is 5.91 Å². The fourth-order valence-corrected chi connectivity index (χ4v) is 3.73. The molecule has 156 valence electrons. The molecule has 2 aromatic carbocycles. The Morgan fingerprint density at radius 2 is 1.62 bits per heavy atom. The second kappa shape index (κ2) is 10.2. The van der Waals surface area contributed by atoms with Crippen molar-refractivity contribution in [3.05, 3.63) is 53.6 Å². The molecule has 1 fully saturated rings. The van der Waals surface area contributed by atoms with Gasteiger partial charge >= 0.3 is 0 Å². The minimum absolute atomic E-state index is 0.0153. The predicted molar refractivity (Wildman–Crippen MR) is 113 cm³/mol. The van der Waals surface area contributed by atoms with E-state index in [1.807, 2.05) is 42.5 Å². The van der Waals surface area contributed by atoms with Crippen LogP contribution in [0.2, 0.25) is 0 Å². The monoisotopic (exact) mass is 398 g/mol. The van der Waals surface area contributed by atoms with Crippen LogP contribution in [0.15, 0.2) is 42.5 Å². The summed E-state index contributed by atoms with van der Waals surface area (Å²) in [5, 5.41) is 3.16. The van der Waals surface area contributed by atoms with Crippen molar-refractivity contribution in [3.63, 3.8) is 0 Å². The number of carbonyl (C=O) groups excluding carboxylic acids is 1. The number of piperidine rings is 1. The van der Waals surface area contributed by atoms with Crippen LogP contribution in [0.3, 0.4) is 0 Å². The van der Waals surface area contributed by atoms with Crippen molar-refractivity contribution in [1.82, 2.24) is 10.2 Å². The first kappa shape index (κ1) is 21.0. The zero-order valence-electron chi connectivity index (χ0n) is 17.4. The number of carbonyl (C=O) groups is 1. The lowest BCUT2D eigenvalue weighted by molar-refractivity contribution is 0.0911. The minimum atomic E-state index is 0.0153. The van der Waals surface area contributed by atoms with Gasteiger partial charge in [-0.25, -0.2) is 0 Å². The van der Waals surface area contributed by atoms with E-state index in [-0.39, 0.29) is 11.9 Å². The molecule has 1 saturated heterocycles. The van der Waals surface area contributed by atoms with Gasteiger partial charge in [-0.15, -0.1) is 0 Å². The first-order chi connectivity index (χ1) is 14.1. The topological polar surface area (TPSA) is 60.0 Å². The van der Waals surface area contributed by atoms with Crippen LogP contribution in [0.5, 0.6) is 17.2 Å². The maximum Gasteiger partial charge on any atom is 0.251 e. The fourth-order valence-electron chi connectivity index (χ4n) is 3.73. The van der Waals surface area contributed by atoms with E-state index < -0.39 is 0 Å². The number of amides is 1. The van der Waals surface area contributed by atoms with Crippen LogP contribution < -0.4 is 19.5 Å². The van der Waals surface area contributed by atoms with Gasteiger partial charge in [-0.05, 0) is 49.1 Å². The van der Waals surface area contributed by atoms with Crippen LogP contribution in [0.25, 0.3) is 0 Å². The third kappa shape index (κ3) is 5.41. The van der Waals surface area contributed by atoms with Gasteiger partial charge in [0, 0.05) is 31.2 Å². The molecular formula is C23H30N2O4. The highest BCUT2D eigenvalue weighted by Gasteiger charge is 2.21. The highest BCUT2D eigenvalue weighted by atomic mass is 16.5. The molecule has 0 radical (unpaired) electrons. The minimum Gasteiger partial charge on any atom is -0.493 e. The zero-order chi connectivity index (χ0) is 20.6. The summed E-state index contributed by atoms with van der Waals surface area (Å²) in [5.41, 5.74) is 1.87. The number of ether oxygens (including phenoxy) is 3. The van der Waals surface area contributed by atoms with Gasteiger partial charge in [-0.1, -0.05) is 18.2 Å². The summed E-state index contributed by atoms with van der Waals surface area (Å²) in [7, 11) is 4.88. The SMILES string of the molecule is COc1cc(CCN2CCC(NC(=O)c3ccccc3)CC2)cc(OC)c1OC. The molecule has 0 unspecified atom stereocenters. The summed E-state index contributed by atoms with van der Waals surface area (Å²) in [4.78, 5) is 14.8. The molecule has 0 bridgehead atoms. The molecule has 0 saturated carbocycles. The van der Waals surface area contributed by atoms with E-state index in [9.17, 15) is 4.79 Å². The molecule has 6 heteroatoms. The van der Waals surface area contributed by atoms with Gasteiger partial charge in [0.2, 0.25) is 5.75 Å². The summed E-state index contributed by atoms with van der Waals surface area (Å²) in [6.45, 7) is 2.91. The Hall–Kier alpha value is -2.73. The molecule has 0 aromatic heterocycles. The second-order valence-corrected chi connectivity index (χ2v) is 7.24. The molecule has 0 atom stereocenters. The number of likely N-dealkylation sites (tertiary alicyclic amines) is 1. The van der Waals surface area contributed by atoms with E-state index >= 15 is 0 Å². The van der Waals surface area contributed by atoms with Gasteiger partial charge in [0.25, 0.3) is 5.91 Å². The van der Waals surface area contributed by atoms with E-state index in [1.165, 1.54) is 0 Å². The number of benzene rings is 2. The summed E-state index contributed by atoms with van der Waals surface area (Å²) >= 11 is 0. The van der Waals surface area contributed by atoms with Crippen LogP contribution in [0.4, 0.5) is 0 Å². The van der Waals surface area contributed by atoms with E-state index in [1.54, 1.807) is 21.3 Å². The first-order valence-corrected chi connectivity index (χ1v) is 10.0. The number of rotatable bonds is 8. The Bertz CT molecular complexity index is 777. The third-order valence-electron chi connectivity index (χ3n) is 5.40. The normalized spacial score (nSPS) is 15.0. The summed E-state index contributed by atoms with van der Waals surface area (Å²) in [5.74, 6) is 2.00. The maximum atomic E-state index is 12.3. The molecule has 6 nitrogen and oxygen atoms in total. The Morgan fingerprint density at radius 1 is 1.00 bits per heavy atom. The largest absolute Gasteiger partial charge is 0.493 e. The van der Waals surface area contributed by atoms with Crippen LogP contribution in [0, 0.1) is 0 Å². The predicted octanol–water partition coefficient (Wildman–Crippen LogP) is 3.15. The van der Waals surface area contributed by atoms with Crippen LogP contribution in [0.1, 0.15) is 28.8 Å². The maximum absolute atomic E-state index is 12.3. The van der Waals surface area contributed by atoms with Crippen molar-refractivity contribution < 1.29 is 19.0 Å². The molecule has 1 N–H and O–H groups in total. The fraction of sp³-hybridized carbons (Fsp3) is 0.435. The number of hydrogen-bond donors (Lipinski definition) is 1. The zero-order valence-corrected chi connectivity index (χ0v) is 17.4. The lowest BCUT2D eigenvalue weighted by atomic mass is 10.0. The molecule has 29 heavy (non-hydrogen) atoms. The highest BCUT2D eigenvalue weighted by Crippen LogP contribution is 2.38. The molecule has 0 aliphatic carbocycles. The molecule has 0 spiro atoms. The van der Waals surface area contributed by atoms with Gasteiger partial charge in [-0.2, -0.15) is 0 Å². The molecule has 1 amide bonds. The standard InChI is InChI=1S/C23H30N2O4/c1-27-20-15-17(16-21(28-2)22(20)29-3)9-12-25-13-10-19(11-14-25)24-23(26)18-7-5-4-6-8-18/h4-8,15-16,19H,9-14H2,1-3H3,(H,24,26). The molecule has 1 aliphatic heterocycles. The Balaban J connectivity index is 1.49. The molecular weight excluding hydrogens is 368 g/mol. The van der Waals surface area contributed by atoms with Crippen LogP contribution >= 0.6 is 0 Å². The average molecular weight is 399 g/mol. The second-order valence-electron chi connectivity index (χ2n) is 7.24. The smallest absolute Gasteiger partial charge is 0.251 e. The highest BCUT2D eigenvalue weighted by molar-refractivity contribution is 5.94. The summed E-state index contributed by atoms with van der Waals surface area (Å²) in [6, 6.07) is 13.6. The number of methoxy groups -OCH3 is 3. The lowest BCUT2D eigenvalue weighted by Crippen LogP contribution is -2.45. The Morgan fingerprint density at radius 3 is 2.17 bits per heavy atom. The van der Waals surface area contributed by atoms with Crippen molar-refractivity contribution in [2.45, 2.75) is 25.3 Å². The summed E-state index contributed by atoms with van der Waals surface area (Å²) in [6.07, 6.45) is 2.83. The first-order valence-electron chi connectivity index (χ1n) is 10.0. The third-order valence-corrected chi connectivity index (χ3v) is 5.40. The molecule has 1 heterocycles. The van der Waals surface area contributed by atoms with Crippen molar-refractivity contribution in [1.29, 1.82) is 0 Å². The number of nitrogens with one attached hydrogen (secondary N) is 1. The van der Waals surface area contributed by atoms with Crippen molar-refractivity contribution in [3.8, 4) is 17.2 Å². The van der Waals surface area contributed by atoms with Gasteiger partial charge in [0.1, 0.15) is 0 Å². The Kier molecular flexibility index (Phi) is 7.36. The quantitative estimate of drug-likeness (QED) is 0.740. The van der Waals surface area contributed by atoms with E-state index in [0.29, 0.717) is 17.2 Å². The van der Waals surface area contributed by atoms with Gasteiger partial charge in [0.15, 0.2) is 11.5 Å². The van der Waals surface area contributed by atoms with Crippen LogP contribution in [-0.4, -0.2) is 57.8 Å². The lowest BCUT2D eigenvalue weighted by Gasteiger charge is -2.32. The van der Waals surface area contributed by atoms with Crippen molar-refractivity contribution in [2.24, 2.45) is 0 Å². The van der Waals surface area contributed by atoms with Gasteiger partial charge in [0.05, 0.1) is 21.3 Å². The molecule has 1 aliphatic rings.